The SMILES string of the molecule is CNc1ncc(Br)cc1C(=O)N1CCCC(COC)C1. The second-order valence-corrected chi connectivity index (χ2v) is 5.93. The number of ether oxygens (including phenoxy) is 1. The largest absolute Gasteiger partial charge is 0.384 e. The number of amides is 1. The zero-order valence-corrected chi connectivity index (χ0v) is 13.4. The number of carbonyl (C=O) groups is 1. The van der Waals surface area contributed by atoms with E-state index < -0.39 is 0 Å². The van der Waals surface area contributed by atoms with Gasteiger partial charge in [0.2, 0.25) is 0 Å². The average molecular weight is 342 g/mol. The average Bonchev–Trinajstić information content (AvgIpc) is 2.47. The van der Waals surface area contributed by atoms with Crippen LogP contribution >= 0.6 is 15.9 Å². The fourth-order valence-electron chi connectivity index (χ4n) is 2.59. The van der Waals surface area contributed by atoms with Crippen LogP contribution in [0.4, 0.5) is 5.82 Å². The number of nitrogens with one attached hydrogen (secondary N) is 1. The van der Waals surface area contributed by atoms with E-state index in [1.54, 1.807) is 20.4 Å². The van der Waals surface area contributed by atoms with Crippen molar-refractivity contribution in [2.24, 2.45) is 5.92 Å². The topological polar surface area (TPSA) is 54.5 Å². The maximum atomic E-state index is 12.7. The van der Waals surface area contributed by atoms with E-state index in [1.165, 1.54) is 0 Å². The zero-order chi connectivity index (χ0) is 14.5. The second kappa shape index (κ2) is 7.04. The van der Waals surface area contributed by atoms with Crippen molar-refractivity contribution in [2.45, 2.75) is 12.8 Å². The standard InChI is InChI=1S/C14H20BrN3O2/c1-16-13-12(6-11(15)7-17-13)14(19)18-5-3-4-10(8-18)9-20-2/h6-7,10H,3-5,8-9H2,1-2H3,(H,16,17). The summed E-state index contributed by atoms with van der Waals surface area (Å²) in [4.78, 5) is 18.8. The Morgan fingerprint density at radius 3 is 3.15 bits per heavy atom. The molecule has 2 heterocycles. The minimum absolute atomic E-state index is 0.0314. The number of piperidine rings is 1. The van der Waals surface area contributed by atoms with Gasteiger partial charge in [-0.1, -0.05) is 0 Å². The lowest BCUT2D eigenvalue weighted by atomic mass is 9.98. The van der Waals surface area contributed by atoms with E-state index in [1.807, 2.05) is 11.0 Å². The Morgan fingerprint density at radius 1 is 1.65 bits per heavy atom. The van der Waals surface area contributed by atoms with Crippen molar-refractivity contribution in [1.29, 1.82) is 0 Å². The van der Waals surface area contributed by atoms with Crippen LogP contribution in [0.5, 0.6) is 0 Å². The van der Waals surface area contributed by atoms with E-state index in [2.05, 4.69) is 26.2 Å². The van der Waals surface area contributed by atoms with E-state index in [0.29, 0.717) is 23.9 Å². The van der Waals surface area contributed by atoms with Gasteiger partial charge in [-0.25, -0.2) is 4.98 Å². The summed E-state index contributed by atoms with van der Waals surface area (Å²) in [5.74, 6) is 1.08. The molecule has 1 fully saturated rings. The minimum atomic E-state index is 0.0314. The molecule has 1 amide bonds. The van der Waals surface area contributed by atoms with Crippen molar-refractivity contribution in [1.82, 2.24) is 9.88 Å². The van der Waals surface area contributed by atoms with Gasteiger partial charge < -0.3 is 15.0 Å². The predicted molar refractivity (Wildman–Crippen MR) is 82.0 cm³/mol. The Hall–Kier alpha value is -1.14. The summed E-state index contributed by atoms with van der Waals surface area (Å²) in [6, 6.07) is 1.82. The van der Waals surface area contributed by atoms with Crippen LogP contribution in [-0.2, 0) is 4.74 Å². The minimum Gasteiger partial charge on any atom is -0.384 e. The molecule has 1 aliphatic rings. The molecule has 0 bridgehead atoms. The van der Waals surface area contributed by atoms with Gasteiger partial charge in [-0.15, -0.1) is 0 Å². The molecule has 1 saturated heterocycles. The van der Waals surface area contributed by atoms with Crippen LogP contribution in [0.1, 0.15) is 23.2 Å². The van der Waals surface area contributed by atoms with Crippen molar-refractivity contribution in [3.8, 4) is 0 Å². The molecule has 1 N–H and O–H groups in total. The number of rotatable bonds is 4. The van der Waals surface area contributed by atoms with E-state index in [9.17, 15) is 4.79 Å². The number of likely N-dealkylation sites (tertiary alicyclic amines) is 1. The smallest absolute Gasteiger partial charge is 0.257 e. The first-order valence-corrected chi connectivity index (χ1v) is 7.56. The first-order valence-electron chi connectivity index (χ1n) is 6.77. The summed E-state index contributed by atoms with van der Waals surface area (Å²) in [6.45, 7) is 2.26. The van der Waals surface area contributed by atoms with Crippen LogP contribution < -0.4 is 5.32 Å². The fraction of sp³-hybridized carbons (Fsp3) is 0.571. The number of pyridine rings is 1. The van der Waals surface area contributed by atoms with Crippen molar-refractivity contribution in [3.05, 3.63) is 22.3 Å². The molecule has 0 aliphatic carbocycles. The third-order valence-electron chi connectivity index (χ3n) is 3.53. The second-order valence-electron chi connectivity index (χ2n) is 5.01. The number of hydrogen-bond donors (Lipinski definition) is 1. The van der Waals surface area contributed by atoms with Crippen LogP contribution in [-0.4, -0.2) is 49.6 Å². The van der Waals surface area contributed by atoms with E-state index >= 15 is 0 Å². The summed E-state index contributed by atoms with van der Waals surface area (Å²) >= 11 is 3.37. The summed E-state index contributed by atoms with van der Waals surface area (Å²) in [5.41, 5.74) is 0.611. The summed E-state index contributed by atoms with van der Waals surface area (Å²) in [7, 11) is 3.48. The van der Waals surface area contributed by atoms with Crippen molar-refractivity contribution in [2.75, 3.05) is 39.2 Å². The van der Waals surface area contributed by atoms with Gasteiger partial charge in [-0.3, -0.25) is 4.79 Å². The first-order chi connectivity index (χ1) is 9.65. The van der Waals surface area contributed by atoms with E-state index in [0.717, 1.165) is 30.4 Å². The van der Waals surface area contributed by atoms with E-state index in [4.69, 9.17) is 4.74 Å². The molecule has 1 aromatic heterocycles. The molecular formula is C14H20BrN3O2. The molecule has 2 rings (SSSR count). The van der Waals surface area contributed by atoms with Crippen LogP contribution in [0.3, 0.4) is 0 Å². The number of nitrogens with zero attached hydrogens (tertiary/aromatic N) is 2. The molecule has 1 atom stereocenters. The van der Waals surface area contributed by atoms with Gasteiger partial charge in [-0.2, -0.15) is 0 Å². The Balaban J connectivity index is 2.16. The van der Waals surface area contributed by atoms with Crippen molar-refractivity contribution < 1.29 is 9.53 Å². The Labute approximate surface area is 127 Å². The molecule has 0 saturated carbocycles. The van der Waals surface area contributed by atoms with Crippen LogP contribution in [0.2, 0.25) is 0 Å². The van der Waals surface area contributed by atoms with Crippen LogP contribution in [0.15, 0.2) is 16.7 Å². The number of anilines is 1. The van der Waals surface area contributed by atoms with Crippen LogP contribution in [0, 0.1) is 5.92 Å². The number of hydrogen-bond acceptors (Lipinski definition) is 4. The van der Waals surface area contributed by atoms with Crippen LogP contribution in [0.25, 0.3) is 0 Å². The van der Waals surface area contributed by atoms with Gasteiger partial charge in [0.25, 0.3) is 5.91 Å². The predicted octanol–water partition coefficient (Wildman–Crippen LogP) is 2.38. The van der Waals surface area contributed by atoms with Crippen molar-refractivity contribution >= 4 is 27.7 Å². The first kappa shape index (κ1) is 15.3. The quantitative estimate of drug-likeness (QED) is 0.913. The molecule has 20 heavy (non-hydrogen) atoms. The molecule has 5 nitrogen and oxygen atoms in total. The van der Waals surface area contributed by atoms with Gasteiger partial charge in [0.15, 0.2) is 0 Å². The molecule has 1 aromatic rings. The molecular weight excluding hydrogens is 322 g/mol. The number of methoxy groups -OCH3 is 1. The molecule has 1 aliphatic heterocycles. The van der Waals surface area contributed by atoms with Gasteiger partial charge in [0.1, 0.15) is 5.82 Å². The summed E-state index contributed by atoms with van der Waals surface area (Å²) in [6.07, 6.45) is 3.83. The molecule has 110 valence electrons. The number of carbonyl (C=O) groups excluding carboxylic acids is 1. The molecule has 6 heteroatoms. The Bertz CT molecular complexity index is 479. The highest BCUT2D eigenvalue weighted by Gasteiger charge is 2.26. The summed E-state index contributed by atoms with van der Waals surface area (Å²) in [5, 5.41) is 2.98. The summed E-state index contributed by atoms with van der Waals surface area (Å²) < 4.78 is 6.02. The fourth-order valence-corrected chi connectivity index (χ4v) is 2.92. The van der Waals surface area contributed by atoms with Gasteiger partial charge in [0, 0.05) is 37.9 Å². The third-order valence-corrected chi connectivity index (χ3v) is 3.96. The molecule has 1 unspecified atom stereocenters. The van der Waals surface area contributed by atoms with E-state index in [-0.39, 0.29) is 5.91 Å². The Morgan fingerprint density at radius 2 is 2.45 bits per heavy atom. The highest BCUT2D eigenvalue weighted by molar-refractivity contribution is 9.10. The number of halogens is 1. The molecule has 0 radical (unpaired) electrons. The number of aromatic nitrogens is 1. The lowest BCUT2D eigenvalue weighted by molar-refractivity contribution is 0.0571. The highest BCUT2D eigenvalue weighted by Crippen LogP contribution is 2.23. The van der Waals surface area contributed by atoms with Gasteiger partial charge in [-0.05, 0) is 40.8 Å². The highest BCUT2D eigenvalue weighted by atomic mass is 79.9. The van der Waals surface area contributed by atoms with Gasteiger partial charge in [0.05, 0.1) is 12.2 Å². The molecule has 0 aromatic carbocycles. The van der Waals surface area contributed by atoms with Crippen molar-refractivity contribution in [3.63, 3.8) is 0 Å². The Kier molecular flexibility index (Phi) is 5.37. The maximum Gasteiger partial charge on any atom is 0.257 e. The maximum absolute atomic E-state index is 12.7. The normalized spacial score (nSPS) is 18.9. The monoisotopic (exact) mass is 341 g/mol. The van der Waals surface area contributed by atoms with Gasteiger partial charge >= 0.3 is 0 Å². The lowest BCUT2D eigenvalue weighted by Crippen LogP contribution is -2.41. The zero-order valence-electron chi connectivity index (χ0n) is 11.9. The third kappa shape index (κ3) is 3.49. The molecule has 0 spiro atoms. The lowest BCUT2D eigenvalue weighted by Gasteiger charge is -2.32.